The number of hydrogen-bond donors (Lipinski definition) is 2. The van der Waals surface area contributed by atoms with Gasteiger partial charge >= 0.3 is 0 Å². The summed E-state index contributed by atoms with van der Waals surface area (Å²) in [5.74, 6) is 1.02. The molecule has 0 saturated carbocycles. The van der Waals surface area contributed by atoms with Crippen LogP contribution in [-0.2, 0) is 0 Å². The van der Waals surface area contributed by atoms with E-state index in [1.54, 1.807) is 12.4 Å². The number of nitrogens with zero attached hydrogens (tertiary/aromatic N) is 4. The number of hydrogen-bond acceptors (Lipinski definition) is 5. The van der Waals surface area contributed by atoms with Crippen molar-refractivity contribution in [1.29, 1.82) is 0 Å². The molecule has 15 heavy (non-hydrogen) atoms. The van der Waals surface area contributed by atoms with E-state index < -0.39 is 0 Å². The molecule has 1 heterocycles. The van der Waals surface area contributed by atoms with Gasteiger partial charge < -0.3 is 15.8 Å². The molecule has 0 spiro atoms. The average molecular weight is 209 g/mol. The molecular weight excluding hydrogens is 194 g/mol. The molecule has 0 aliphatic carbocycles. The topological polar surface area (TPSA) is 87.6 Å². The van der Waals surface area contributed by atoms with E-state index in [4.69, 9.17) is 10.9 Å². The number of rotatable bonds is 4. The highest BCUT2D eigenvalue weighted by atomic mass is 16.4. The van der Waals surface area contributed by atoms with Crippen LogP contribution in [0.2, 0.25) is 0 Å². The van der Waals surface area contributed by atoms with E-state index >= 15 is 0 Å². The zero-order valence-corrected chi connectivity index (χ0v) is 8.88. The lowest BCUT2D eigenvalue weighted by molar-refractivity contribution is 0.317. The lowest BCUT2D eigenvalue weighted by Crippen LogP contribution is -2.25. The van der Waals surface area contributed by atoms with Crippen molar-refractivity contribution < 1.29 is 5.21 Å². The first-order chi connectivity index (χ1) is 7.15. The van der Waals surface area contributed by atoms with Crippen molar-refractivity contribution in [2.75, 3.05) is 18.5 Å². The highest BCUT2D eigenvalue weighted by Gasteiger charge is 2.06. The van der Waals surface area contributed by atoms with Gasteiger partial charge in [0.1, 0.15) is 11.7 Å². The summed E-state index contributed by atoms with van der Waals surface area (Å²) in [4.78, 5) is 10.3. The van der Waals surface area contributed by atoms with E-state index in [9.17, 15) is 0 Å². The summed E-state index contributed by atoms with van der Waals surface area (Å²) < 4.78 is 0. The zero-order valence-electron chi connectivity index (χ0n) is 8.88. The number of oxime groups is 1. The zero-order chi connectivity index (χ0) is 11.3. The molecule has 1 aromatic heterocycles. The maximum atomic E-state index is 8.39. The van der Waals surface area contributed by atoms with Crippen molar-refractivity contribution in [3.05, 3.63) is 18.1 Å². The van der Waals surface area contributed by atoms with E-state index in [0.717, 1.165) is 11.5 Å². The molecule has 0 saturated heterocycles. The Morgan fingerprint density at radius 1 is 1.53 bits per heavy atom. The summed E-state index contributed by atoms with van der Waals surface area (Å²) in [5.41, 5.74) is 6.24. The van der Waals surface area contributed by atoms with E-state index in [2.05, 4.69) is 15.1 Å². The fourth-order valence-electron chi connectivity index (χ4n) is 1.21. The highest BCUT2D eigenvalue weighted by Crippen LogP contribution is 2.11. The highest BCUT2D eigenvalue weighted by molar-refractivity contribution is 5.80. The largest absolute Gasteiger partial charge is 0.409 e. The van der Waals surface area contributed by atoms with Crippen molar-refractivity contribution in [2.24, 2.45) is 10.9 Å². The van der Waals surface area contributed by atoms with Gasteiger partial charge in [0.15, 0.2) is 0 Å². The SMILES string of the molecule is Cc1nccnc1N(C)CCC(N)=NO. The molecule has 0 fully saturated rings. The summed E-state index contributed by atoms with van der Waals surface area (Å²) in [6.45, 7) is 2.53. The summed E-state index contributed by atoms with van der Waals surface area (Å²) in [6.07, 6.45) is 3.78. The summed E-state index contributed by atoms with van der Waals surface area (Å²) in [7, 11) is 1.89. The Balaban J connectivity index is 2.61. The molecule has 6 nitrogen and oxygen atoms in total. The first kappa shape index (κ1) is 11.2. The van der Waals surface area contributed by atoms with Crippen LogP contribution < -0.4 is 10.6 Å². The normalized spacial score (nSPS) is 11.5. The second kappa shape index (κ2) is 5.14. The van der Waals surface area contributed by atoms with E-state index in [1.165, 1.54) is 0 Å². The molecule has 0 aliphatic heterocycles. The first-order valence-electron chi connectivity index (χ1n) is 4.60. The van der Waals surface area contributed by atoms with Crippen LogP contribution in [0.15, 0.2) is 17.5 Å². The maximum Gasteiger partial charge on any atom is 0.149 e. The van der Waals surface area contributed by atoms with Gasteiger partial charge in [0.25, 0.3) is 0 Å². The molecule has 0 aliphatic rings. The Morgan fingerprint density at radius 3 is 2.80 bits per heavy atom. The predicted octanol–water partition coefficient (Wildman–Crippen LogP) is 0.358. The van der Waals surface area contributed by atoms with Crippen molar-refractivity contribution in [2.45, 2.75) is 13.3 Å². The smallest absolute Gasteiger partial charge is 0.149 e. The first-order valence-corrected chi connectivity index (χ1v) is 4.60. The summed E-state index contributed by atoms with van der Waals surface area (Å²) >= 11 is 0. The standard InChI is InChI=1S/C9H15N5O/c1-7-9(12-5-4-11-7)14(2)6-3-8(10)13-15/h4-5,15H,3,6H2,1-2H3,(H2,10,13). The molecule has 3 N–H and O–H groups in total. The Morgan fingerprint density at radius 2 is 2.20 bits per heavy atom. The molecule has 1 aromatic rings. The molecule has 0 aromatic carbocycles. The average Bonchev–Trinajstić information content (AvgIpc) is 2.26. The molecule has 0 radical (unpaired) electrons. The minimum absolute atomic E-state index is 0.211. The van der Waals surface area contributed by atoms with Crippen LogP contribution in [0.4, 0.5) is 5.82 Å². The van der Waals surface area contributed by atoms with Crippen LogP contribution in [0.5, 0.6) is 0 Å². The predicted molar refractivity (Wildman–Crippen MR) is 58.1 cm³/mol. The Hall–Kier alpha value is -1.85. The third-order valence-electron chi connectivity index (χ3n) is 2.05. The van der Waals surface area contributed by atoms with Gasteiger partial charge in [-0.25, -0.2) is 4.98 Å². The van der Waals surface area contributed by atoms with Crippen molar-refractivity contribution in [3.63, 3.8) is 0 Å². The Labute approximate surface area is 88.4 Å². The monoisotopic (exact) mass is 209 g/mol. The third-order valence-corrected chi connectivity index (χ3v) is 2.05. The number of amidine groups is 1. The van der Waals surface area contributed by atoms with Gasteiger partial charge in [0.05, 0.1) is 5.69 Å². The molecule has 0 atom stereocenters. The lowest BCUT2D eigenvalue weighted by atomic mass is 10.3. The van der Waals surface area contributed by atoms with Crippen LogP contribution in [-0.4, -0.2) is 34.6 Å². The van der Waals surface area contributed by atoms with Crippen LogP contribution >= 0.6 is 0 Å². The van der Waals surface area contributed by atoms with Crippen LogP contribution in [0.1, 0.15) is 12.1 Å². The Bertz CT molecular complexity index is 352. The number of nitrogens with two attached hydrogens (primary N) is 1. The van der Waals surface area contributed by atoms with Crippen molar-refractivity contribution in [1.82, 2.24) is 9.97 Å². The number of anilines is 1. The van der Waals surface area contributed by atoms with Crippen molar-refractivity contribution >= 4 is 11.7 Å². The molecule has 0 amide bonds. The van der Waals surface area contributed by atoms with Crippen LogP contribution in [0.3, 0.4) is 0 Å². The Kier molecular flexibility index (Phi) is 3.84. The van der Waals surface area contributed by atoms with Crippen molar-refractivity contribution in [3.8, 4) is 0 Å². The van der Waals surface area contributed by atoms with Crippen LogP contribution in [0.25, 0.3) is 0 Å². The minimum Gasteiger partial charge on any atom is -0.409 e. The van der Waals surface area contributed by atoms with E-state index in [-0.39, 0.29) is 5.84 Å². The third kappa shape index (κ3) is 3.08. The van der Waals surface area contributed by atoms with Gasteiger partial charge in [-0.15, -0.1) is 0 Å². The fourth-order valence-corrected chi connectivity index (χ4v) is 1.21. The van der Waals surface area contributed by atoms with E-state index in [1.807, 2.05) is 18.9 Å². The number of aryl methyl sites for hydroxylation is 1. The summed E-state index contributed by atoms with van der Waals surface area (Å²) in [6, 6.07) is 0. The minimum atomic E-state index is 0.211. The molecule has 6 heteroatoms. The van der Waals surface area contributed by atoms with Gasteiger partial charge in [-0.2, -0.15) is 0 Å². The van der Waals surface area contributed by atoms with Gasteiger partial charge in [0, 0.05) is 32.4 Å². The second-order valence-corrected chi connectivity index (χ2v) is 3.23. The van der Waals surface area contributed by atoms with Crippen LogP contribution in [0, 0.1) is 6.92 Å². The van der Waals surface area contributed by atoms with Gasteiger partial charge in [-0.3, -0.25) is 4.98 Å². The van der Waals surface area contributed by atoms with Gasteiger partial charge in [0.2, 0.25) is 0 Å². The number of aromatic nitrogens is 2. The van der Waals surface area contributed by atoms with Gasteiger partial charge in [-0.05, 0) is 6.92 Å². The fraction of sp³-hybridized carbons (Fsp3) is 0.444. The molecule has 82 valence electrons. The maximum absolute atomic E-state index is 8.39. The summed E-state index contributed by atoms with van der Waals surface area (Å²) in [5, 5.41) is 11.3. The molecule has 0 unspecified atom stereocenters. The second-order valence-electron chi connectivity index (χ2n) is 3.23. The molecular formula is C9H15N5O. The van der Waals surface area contributed by atoms with Gasteiger partial charge in [-0.1, -0.05) is 5.16 Å². The van der Waals surface area contributed by atoms with E-state index in [0.29, 0.717) is 13.0 Å². The molecule has 0 bridgehead atoms. The lowest BCUT2D eigenvalue weighted by Gasteiger charge is -2.18. The molecule has 1 rings (SSSR count). The quantitative estimate of drug-likeness (QED) is 0.323.